The maximum absolute atomic E-state index is 12.0. The topological polar surface area (TPSA) is 75.7 Å². The van der Waals surface area contributed by atoms with Crippen LogP contribution in [0, 0.1) is 0 Å². The van der Waals surface area contributed by atoms with Crippen molar-refractivity contribution in [2.75, 3.05) is 24.7 Å². The van der Waals surface area contributed by atoms with E-state index in [1.165, 1.54) is 18.9 Å². The molecule has 1 atom stereocenters. The maximum Gasteiger partial charge on any atom is 0.244 e. The van der Waals surface area contributed by atoms with Crippen molar-refractivity contribution in [3.05, 3.63) is 24.3 Å². The van der Waals surface area contributed by atoms with Crippen LogP contribution < -0.4 is 10.1 Å². The molecule has 1 saturated heterocycles. The number of imide groups is 1. The minimum atomic E-state index is -0.413. The van der Waals surface area contributed by atoms with Gasteiger partial charge in [0, 0.05) is 11.8 Å². The van der Waals surface area contributed by atoms with Gasteiger partial charge >= 0.3 is 0 Å². The number of hydrogen-bond donors (Lipinski definition) is 1. The van der Waals surface area contributed by atoms with E-state index >= 15 is 0 Å². The molecule has 1 aromatic rings. The largest absolute Gasteiger partial charge is 0.497 e. The van der Waals surface area contributed by atoms with Crippen LogP contribution in [-0.2, 0) is 14.4 Å². The number of carbonyl (C=O) groups excluding carboxylic acids is 3. The number of hydrogen-bond acceptors (Lipinski definition) is 5. The van der Waals surface area contributed by atoms with E-state index in [0.717, 1.165) is 4.90 Å². The van der Waals surface area contributed by atoms with Gasteiger partial charge in [-0.1, -0.05) is 6.07 Å². The van der Waals surface area contributed by atoms with Crippen LogP contribution in [-0.4, -0.2) is 47.3 Å². The van der Waals surface area contributed by atoms with Gasteiger partial charge in [-0.3, -0.25) is 19.3 Å². The second-order valence-electron chi connectivity index (χ2n) is 4.55. The number of benzene rings is 1. The smallest absolute Gasteiger partial charge is 0.244 e. The summed E-state index contributed by atoms with van der Waals surface area (Å²) in [6.07, 6.45) is 0. The van der Waals surface area contributed by atoms with E-state index in [0.29, 0.717) is 11.4 Å². The van der Waals surface area contributed by atoms with Crippen LogP contribution in [0.1, 0.15) is 6.92 Å². The minimum Gasteiger partial charge on any atom is -0.497 e. The summed E-state index contributed by atoms with van der Waals surface area (Å²) in [5, 5.41) is 2.35. The zero-order valence-corrected chi connectivity index (χ0v) is 12.6. The summed E-state index contributed by atoms with van der Waals surface area (Å²) >= 11 is 1.29. The highest BCUT2D eigenvalue weighted by molar-refractivity contribution is 8.01. The van der Waals surface area contributed by atoms with E-state index in [-0.39, 0.29) is 29.4 Å². The molecule has 0 spiro atoms. The van der Waals surface area contributed by atoms with Gasteiger partial charge in [0.15, 0.2) is 0 Å². The molecule has 1 heterocycles. The molecule has 0 aromatic heterocycles. The van der Waals surface area contributed by atoms with Crippen molar-refractivity contribution in [1.29, 1.82) is 0 Å². The molecule has 21 heavy (non-hydrogen) atoms. The molecule has 1 aliphatic heterocycles. The van der Waals surface area contributed by atoms with Crippen molar-refractivity contribution in [1.82, 2.24) is 4.90 Å². The quantitative estimate of drug-likeness (QED) is 0.844. The van der Waals surface area contributed by atoms with Crippen LogP contribution in [0.4, 0.5) is 5.69 Å². The third-order valence-electron chi connectivity index (χ3n) is 3.03. The number of thioether (sulfide) groups is 1. The molecule has 2 rings (SSSR count). The van der Waals surface area contributed by atoms with Gasteiger partial charge in [-0.05, 0) is 19.1 Å². The predicted molar refractivity (Wildman–Crippen MR) is 80.3 cm³/mol. The average Bonchev–Trinajstić information content (AvgIpc) is 2.48. The van der Waals surface area contributed by atoms with E-state index in [2.05, 4.69) is 5.32 Å². The highest BCUT2D eigenvalue weighted by Gasteiger charge is 2.33. The van der Waals surface area contributed by atoms with E-state index in [9.17, 15) is 14.4 Å². The Kier molecular flexibility index (Phi) is 4.85. The number of anilines is 1. The molecule has 1 fully saturated rings. The van der Waals surface area contributed by atoms with E-state index in [1.807, 2.05) is 0 Å². The van der Waals surface area contributed by atoms with E-state index in [1.54, 1.807) is 31.2 Å². The third kappa shape index (κ3) is 3.75. The monoisotopic (exact) mass is 308 g/mol. The van der Waals surface area contributed by atoms with Crippen molar-refractivity contribution < 1.29 is 19.1 Å². The number of nitrogens with one attached hydrogen (secondary N) is 1. The Bertz CT molecular complexity index is 576. The highest BCUT2D eigenvalue weighted by Crippen LogP contribution is 2.21. The lowest BCUT2D eigenvalue weighted by molar-refractivity contribution is -0.145. The maximum atomic E-state index is 12.0. The summed E-state index contributed by atoms with van der Waals surface area (Å²) in [4.78, 5) is 36.6. The second kappa shape index (κ2) is 6.62. The molecule has 1 aliphatic rings. The van der Waals surface area contributed by atoms with Gasteiger partial charge in [0.25, 0.3) is 0 Å². The zero-order chi connectivity index (χ0) is 15.4. The summed E-state index contributed by atoms with van der Waals surface area (Å²) < 4.78 is 5.06. The first-order chi connectivity index (χ1) is 10.0. The Labute approximate surface area is 126 Å². The third-order valence-corrected chi connectivity index (χ3v) is 4.14. The highest BCUT2D eigenvalue weighted by atomic mass is 32.2. The second-order valence-corrected chi connectivity index (χ2v) is 5.88. The standard InChI is InChI=1S/C14H16N2O4S/c1-9-14(19)16(13(18)8-21-9)7-12(17)15-10-4-3-5-11(6-10)20-2/h3-6,9H,7-8H2,1-2H3,(H,15,17)/t9-/m1/s1. The van der Waals surface area contributed by atoms with Gasteiger partial charge in [-0.25, -0.2) is 0 Å². The average molecular weight is 308 g/mol. The molecule has 0 radical (unpaired) electrons. The fraction of sp³-hybridized carbons (Fsp3) is 0.357. The van der Waals surface area contributed by atoms with Gasteiger partial charge in [0.1, 0.15) is 12.3 Å². The normalized spacial score (nSPS) is 18.6. The molecule has 3 amide bonds. The molecular weight excluding hydrogens is 292 g/mol. The van der Waals surface area contributed by atoms with Crippen molar-refractivity contribution in [2.24, 2.45) is 0 Å². The molecule has 0 unspecified atom stereocenters. The minimum absolute atomic E-state index is 0.222. The van der Waals surface area contributed by atoms with Crippen molar-refractivity contribution in [2.45, 2.75) is 12.2 Å². The lowest BCUT2D eigenvalue weighted by Gasteiger charge is -2.27. The van der Waals surface area contributed by atoms with Crippen molar-refractivity contribution in [3.63, 3.8) is 0 Å². The molecule has 0 saturated carbocycles. The van der Waals surface area contributed by atoms with Gasteiger partial charge in [-0.2, -0.15) is 0 Å². The first kappa shape index (κ1) is 15.4. The summed E-state index contributed by atoms with van der Waals surface area (Å²) in [5.74, 6) is -0.229. The van der Waals surface area contributed by atoms with Crippen LogP contribution in [0.5, 0.6) is 5.75 Å². The summed E-state index contributed by atoms with van der Waals surface area (Å²) in [7, 11) is 1.53. The Hall–Kier alpha value is -2.02. The van der Waals surface area contributed by atoms with Crippen LogP contribution in [0.25, 0.3) is 0 Å². The van der Waals surface area contributed by atoms with Gasteiger partial charge < -0.3 is 10.1 Å². The number of nitrogens with zero attached hydrogens (tertiary/aromatic N) is 1. The fourth-order valence-corrected chi connectivity index (χ4v) is 2.72. The predicted octanol–water partition coefficient (Wildman–Crippen LogP) is 1.12. The lowest BCUT2D eigenvalue weighted by Crippen LogP contribution is -2.49. The molecule has 112 valence electrons. The number of ether oxygens (including phenoxy) is 1. The van der Waals surface area contributed by atoms with Crippen LogP contribution in [0.15, 0.2) is 24.3 Å². The Morgan fingerprint density at radius 2 is 2.24 bits per heavy atom. The van der Waals surface area contributed by atoms with Gasteiger partial charge in [0.2, 0.25) is 17.7 Å². The number of amides is 3. The first-order valence-electron chi connectivity index (χ1n) is 6.41. The van der Waals surface area contributed by atoms with Crippen molar-refractivity contribution in [3.8, 4) is 5.75 Å². The van der Waals surface area contributed by atoms with Crippen molar-refractivity contribution >= 4 is 35.2 Å². The van der Waals surface area contributed by atoms with E-state index in [4.69, 9.17) is 4.74 Å². The molecule has 0 aliphatic carbocycles. The van der Waals surface area contributed by atoms with E-state index < -0.39 is 5.91 Å². The SMILES string of the molecule is COc1cccc(NC(=O)CN2C(=O)CS[C@H](C)C2=O)c1. The number of carbonyl (C=O) groups is 3. The first-order valence-corrected chi connectivity index (χ1v) is 7.46. The van der Waals surface area contributed by atoms with Gasteiger partial charge in [0.05, 0.1) is 18.1 Å². The molecule has 6 nitrogen and oxygen atoms in total. The lowest BCUT2D eigenvalue weighted by atomic mass is 10.3. The van der Waals surface area contributed by atoms with Crippen LogP contribution >= 0.6 is 11.8 Å². The number of rotatable bonds is 4. The molecule has 0 bridgehead atoms. The molecule has 7 heteroatoms. The zero-order valence-electron chi connectivity index (χ0n) is 11.8. The van der Waals surface area contributed by atoms with Crippen LogP contribution in [0.2, 0.25) is 0 Å². The fourth-order valence-electron chi connectivity index (χ4n) is 1.90. The molecule has 1 aromatic carbocycles. The molecule has 1 N–H and O–H groups in total. The number of methoxy groups -OCH3 is 1. The van der Waals surface area contributed by atoms with Crippen LogP contribution in [0.3, 0.4) is 0 Å². The molecular formula is C14H16N2O4S. The Balaban J connectivity index is 2.00. The summed E-state index contributed by atoms with van der Waals surface area (Å²) in [6.45, 7) is 1.46. The Morgan fingerprint density at radius 1 is 1.48 bits per heavy atom. The summed E-state index contributed by atoms with van der Waals surface area (Å²) in [5.41, 5.74) is 0.554. The Morgan fingerprint density at radius 3 is 2.95 bits per heavy atom. The van der Waals surface area contributed by atoms with Gasteiger partial charge in [-0.15, -0.1) is 11.8 Å². The summed E-state index contributed by atoms with van der Waals surface area (Å²) in [6, 6.07) is 6.87.